The molecule has 1 aromatic carbocycles. The number of nitrogens with one attached hydrogen (secondary N) is 2. The van der Waals surface area contributed by atoms with Gasteiger partial charge < -0.3 is 10.3 Å². The Morgan fingerprint density at radius 3 is 2.68 bits per heavy atom. The maximum absolute atomic E-state index is 13.9. The number of amides is 1. The summed E-state index contributed by atoms with van der Waals surface area (Å²) in [5.41, 5.74) is -0.454. The number of imidazole rings is 1. The number of alkyl halides is 3. The number of benzene rings is 1. The van der Waals surface area contributed by atoms with Crippen LogP contribution in [0.4, 0.5) is 17.6 Å². The SMILES string of the molecule is O=C1NCCCc2[nH]c(-c3ccc(C(F)(F)F)cc3F)nc21. The second kappa shape index (κ2) is 5.11. The summed E-state index contributed by atoms with van der Waals surface area (Å²) in [6, 6.07) is 2.21. The molecule has 0 saturated carbocycles. The van der Waals surface area contributed by atoms with E-state index in [0.717, 1.165) is 12.1 Å². The van der Waals surface area contributed by atoms with Gasteiger partial charge in [-0.15, -0.1) is 0 Å². The van der Waals surface area contributed by atoms with E-state index in [1.54, 1.807) is 0 Å². The van der Waals surface area contributed by atoms with Crippen molar-refractivity contribution in [1.82, 2.24) is 15.3 Å². The number of carbonyl (C=O) groups is 1. The van der Waals surface area contributed by atoms with Crippen LogP contribution in [0, 0.1) is 5.82 Å². The van der Waals surface area contributed by atoms with E-state index in [1.807, 2.05) is 0 Å². The van der Waals surface area contributed by atoms with Crippen LogP contribution in [-0.2, 0) is 12.6 Å². The van der Waals surface area contributed by atoms with E-state index < -0.39 is 17.6 Å². The molecule has 0 atom stereocenters. The van der Waals surface area contributed by atoms with E-state index >= 15 is 0 Å². The number of aromatic nitrogens is 2. The fourth-order valence-electron chi connectivity index (χ4n) is 2.34. The van der Waals surface area contributed by atoms with Crippen molar-refractivity contribution in [3.8, 4) is 11.4 Å². The number of H-pyrrole nitrogens is 1. The maximum Gasteiger partial charge on any atom is 0.416 e. The fraction of sp³-hybridized carbons (Fsp3) is 0.286. The van der Waals surface area contributed by atoms with Crippen molar-refractivity contribution >= 4 is 5.91 Å². The lowest BCUT2D eigenvalue weighted by Gasteiger charge is -2.08. The first-order chi connectivity index (χ1) is 10.4. The van der Waals surface area contributed by atoms with E-state index in [4.69, 9.17) is 0 Å². The lowest BCUT2D eigenvalue weighted by Crippen LogP contribution is -2.23. The molecule has 116 valence electrons. The molecule has 2 heterocycles. The Morgan fingerprint density at radius 2 is 2.00 bits per heavy atom. The van der Waals surface area contributed by atoms with Crippen LogP contribution in [0.5, 0.6) is 0 Å². The topological polar surface area (TPSA) is 57.8 Å². The van der Waals surface area contributed by atoms with E-state index in [0.29, 0.717) is 31.1 Å². The van der Waals surface area contributed by atoms with Crippen molar-refractivity contribution in [1.29, 1.82) is 0 Å². The largest absolute Gasteiger partial charge is 0.416 e. The van der Waals surface area contributed by atoms with Crippen molar-refractivity contribution in [2.24, 2.45) is 0 Å². The number of rotatable bonds is 1. The van der Waals surface area contributed by atoms with Gasteiger partial charge in [0.05, 0.1) is 11.1 Å². The molecule has 2 aromatic rings. The van der Waals surface area contributed by atoms with Crippen molar-refractivity contribution < 1.29 is 22.4 Å². The number of fused-ring (bicyclic) bond motifs is 1. The Hall–Kier alpha value is -2.38. The number of carbonyl (C=O) groups excluding carboxylic acids is 1. The molecule has 0 saturated heterocycles. The van der Waals surface area contributed by atoms with Crippen molar-refractivity contribution in [3.63, 3.8) is 0 Å². The Balaban J connectivity index is 2.02. The Bertz CT molecular complexity index is 736. The molecule has 0 bridgehead atoms. The van der Waals surface area contributed by atoms with Gasteiger partial charge in [-0.25, -0.2) is 9.37 Å². The van der Waals surface area contributed by atoms with Crippen molar-refractivity contribution in [2.45, 2.75) is 19.0 Å². The van der Waals surface area contributed by atoms with Gasteiger partial charge in [0.15, 0.2) is 0 Å². The van der Waals surface area contributed by atoms with E-state index in [1.165, 1.54) is 0 Å². The quantitative estimate of drug-likeness (QED) is 0.795. The van der Waals surface area contributed by atoms with Crippen LogP contribution in [0.2, 0.25) is 0 Å². The summed E-state index contributed by atoms with van der Waals surface area (Å²) in [5.74, 6) is -1.37. The van der Waals surface area contributed by atoms with Crippen molar-refractivity contribution in [2.75, 3.05) is 6.54 Å². The van der Waals surface area contributed by atoms with Crippen molar-refractivity contribution in [3.05, 3.63) is 41.0 Å². The van der Waals surface area contributed by atoms with Gasteiger partial charge in [0.1, 0.15) is 17.3 Å². The minimum absolute atomic E-state index is 0.0493. The van der Waals surface area contributed by atoms with Gasteiger partial charge in [-0.3, -0.25) is 4.79 Å². The van der Waals surface area contributed by atoms with Gasteiger partial charge >= 0.3 is 6.18 Å². The zero-order valence-electron chi connectivity index (χ0n) is 11.2. The smallest absolute Gasteiger partial charge is 0.351 e. The third kappa shape index (κ3) is 2.56. The van der Waals surface area contributed by atoms with Gasteiger partial charge in [0, 0.05) is 12.2 Å². The zero-order chi connectivity index (χ0) is 15.9. The molecule has 1 amide bonds. The second-order valence-electron chi connectivity index (χ2n) is 4.96. The molecular weight excluding hydrogens is 302 g/mol. The van der Waals surface area contributed by atoms with E-state index in [-0.39, 0.29) is 23.0 Å². The van der Waals surface area contributed by atoms with Gasteiger partial charge in [-0.2, -0.15) is 13.2 Å². The lowest BCUT2D eigenvalue weighted by atomic mass is 10.1. The highest BCUT2D eigenvalue weighted by atomic mass is 19.4. The molecule has 3 rings (SSSR count). The zero-order valence-corrected chi connectivity index (χ0v) is 11.2. The Morgan fingerprint density at radius 1 is 1.23 bits per heavy atom. The molecule has 1 aliphatic rings. The number of aryl methyl sites for hydroxylation is 1. The standard InChI is InChI=1S/C14H11F4N3O/c15-9-6-7(14(16,17)18)3-4-8(9)12-20-10-2-1-5-19-13(22)11(10)21-12/h3-4,6H,1-2,5H2,(H,19,22)(H,20,21). The first-order valence-electron chi connectivity index (χ1n) is 6.60. The molecule has 0 aliphatic carbocycles. The highest BCUT2D eigenvalue weighted by molar-refractivity contribution is 5.94. The van der Waals surface area contributed by atoms with Crippen LogP contribution in [-0.4, -0.2) is 22.4 Å². The number of hydrogen-bond acceptors (Lipinski definition) is 2. The molecule has 2 N–H and O–H groups in total. The molecule has 22 heavy (non-hydrogen) atoms. The minimum Gasteiger partial charge on any atom is -0.351 e. The summed E-state index contributed by atoms with van der Waals surface area (Å²) >= 11 is 0. The third-order valence-electron chi connectivity index (χ3n) is 3.43. The van der Waals surface area contributed by atoms with Gasteiger partial charge in [-0.05, 0) is 31.0 Å². The first kappa shape index (κ1) is 14.6. The summed E-state index contributed by atoms with van der Waals surface area (Å²) in [4.78, 5) is 18.6. The summed E-state index contributed by atoms with van der Waals surface area (Å²) in [7, 11) is 0. The molecular formula is C14H11F4N3O. The van der Waals surface area contributed by atoms with Crippen LogP contribution in [0.3, 0.4) is 0 Å². The highest BCUT2D eigenvalue weighted by Crippen LogP contribution is 2.32. The summed E-state index contributed by atoms with van der Waals surface area (Å²) in [6.45, 7) is 0.521. The molecule has 8 heteroatoms. The minimum atomic E-state index is -4.61. The summed E-state index contributed by atoms with van der Waals surface area (Å²) < 4.78 is 51.6. The predicted molar refractivity (Wildman–Crippen MR) is 69.6 cm³/mol. The Kier molecular flexibility index (Phi) is 3.38. The van der Waals surface area contributed by atoms with E-state index in [2.05, 4.69) is 15.3 Å². The number of halogens is 4. The molecule has 0 unspecified atom stereocenters. The molecule has 4 nitrogen and oxygen atoms in total. The predicted octanol–water partition coefficient (Wildman–Crippen LogP) is 2.91. The van der Waals surface area contributed by atoms with Crippen LogP contribution < -0.4 is 5.32 Å². The Labute approximate surface area is 122 Å². The van der Waals surface area contributed by atoms with Crippen LogP contribution in [0.25, 0.3) is 11.4 Å². The molecule has 1 aliphatic heterocycles. The van der Waals surface area contributed by atoms with Crippen LogP contribution in [0.1, 0.15) is 28.2 Å². The monoisotopic (exact) mass is 313 g/mol. The van der Waals surface area contributed by atoms with Gasteiger partial charge in [0.2, 0.25) is 0 Å². The number of nitrogens with zero attached hydrogens (tertiary/aromatic N) is 1. The molecule has 0 spiro atoms. The highest BCUT2D eigenvalue weighted by Gasteiger charge is 2.31. The average Bonchev–Trinajstić information content (AvgIpc) is 2.79. The molecule has 1 aromatic heterocycles. The number of hydrogen-bond donors (Lipinski definition) is 2. The summed E-state index contributed by atoms with van der Waals surface area (Å²) in [6.07, 6.45) is -3.35. The van der Waals surface area contributed by atoms with Crippen LogP contribution in [0.15, 0.2) is 18.2 Å². The third-order valence-corrected chi connectivity index (χ3v) is 3.43. The first-order valence-corrected chi connectivity index (χ1v) is 6.60. The van der Waals surface area contributed by atoms with E-state index in [9.17, 15) is 22.4 Å². The van der Waals surface area contributed by atoms with Gasteiger partial charge in [-0.1, -0.05) is 0 Å². The average molecular weight is 313 g/mol. The fourth-order valence-corrected chi connectivity index (χ4v) is 2.34. The molecule has 0 radical (unpaired) electrons. The number of aromatic amines is 1. The summed E-state index contributed by atoms with van der Waals surface area (Å²) in [5, 5.41) is 2.65. The second-order valence-corrected chi connectivity index (χ2v) is 4.96. The maximum atomic E-state index is 13.9. The van der Waals surface area contributed by atoms with Gasteiger partial charge in [0.25, 0.3) is 5.91 Å². The van der Waals surface area contributed by atoms with Crippen LogP contribution >= 0.6 is 0 Å². The normalized spacial score (nSPS) is 15.2. The lowest BCUT2D eigenvalue weighted by molar-refractivity contribution is -0.137. The molecule has 0 fully saturated rings.